The molecule has 0 bridgehead atoms. The summed E-state index contributed by atoms with van der Waals surface area (Å²) in [5, 5.41) is 5.94. The lowest BCUT2D eigenvalue weighted by molar-refractivity contribution is -0.137. The average molecular weight is 455 g/mol. The summed E-state index contributed by atoms with van der Waals surface area (Å²) in [6.45, 7) is 1.32. The lowest BCUT2D eigenvalue weighted by atomic mass is 10.2. The maximum absolute atomic E-state index is 13.0. The zero-order valence-electron chi connectivity index (χ0n) is 16.3. The summed E-state index contributed by atoms with van der Waals surface area (Å²) in [6, 6.07) is 6.32. The molecule has 2 aromatic heterocycles. The molecule has 0 atom stereocenters. The Hall–Kier alpha value is -3.27. The SMILES string of the molecule is Cc1cnn(CC(=O)N(CC(=O)Nc2ccc(Cl)c(C(F)(F)F)c2)Cc2ccco2)c1. The first-order valence-electron chi connectivity index (χ1n) is 9.07. The van der Waals surface area contributed by atoms with Gasteiger partial charge in [-0.25, -0.2) is 0 Å². The van der Waals surface area contributed by atoms with Crippen LogP contribution in [-0.2, 0) is 28.9 Å². The van der Waals surface area contributed by atoms with E-state index < -0.39 is 35.1 Å². The monoisotopic (exact) mass is 454 g/mol. The Kier molecular flexibility index (Phi) is 6.69. The normalized spacial score (nSPS) is 11.4. The minimum atomic E-state index is -4.67. The zero-order chi connectivity index (χ0) is 22.6. The van der Waals surface area contributed by atoms with E-state index in [1.54, 1.807) is 24.5 Å². The third-order valence-corrected chi connectivity index (χ3v) is 4.56. The Morgan fingerprint density at radius 1 is 1.29 bits per heavy atom. The summed E-state index contributed by atoms with van der Waals surface area (Å²) in [6.07, 6.45) is 0.0351. The number of rotatable bonds is 7. The molecule has 0 saturated heterocycles. The number of benzene rings is 1. The number of carbonyl (C=O) groups excluding carboxylic acids is 2. The minimum Gasteiger partial charge on any atom is -0.467 e. The van der Waals surface area contributed by atoms with Gasteiger partial charge in [-0.3, -0.25) is 14.3 Å². The van der Waals surface area contributed by atoms with Gasteiger partial charge < -0.3 is 14.6 Å². The minimum absolute atomic E-state index is 0.00786. The van der Waals surface area contributed by atoms with E-state index in [1.165, 1.54) is 21.9 Å². The lowest BCUT2D eigenvalue weighted by Crippen LogP contribution is -2.39. The number of aromatic nitrogens is 2. The molecule has 0 saturated carbocycles. The number of carbonyl (C=O) groups is 2. The Morgan fingerprint density at radius 3 is 2.68 bits per heavy atom. The molecule has 0 radical (unpaired) electrons. The van der Waals surface area contributed by atoms with Gasteiger partial charge in [0.15, 0.2) is 0 Å². The van der Waals surface area contributed by atoms with E-state index in [2.05, 4.69) is 10.4 Å². The van der Waals surface area contributed by atoms with Crippen molar-refractivity contribution in [1.29, 1.82) is 0 Å². The zero-order valence-corrected chi connectivity index (χ0v) is 17.1. The molecule has 7 nitrogen and oxygen atoms in total. The summed E-state index contributed by atoms with van der Waals surface area (Å²) in [7, 11) is 0. The van der Waals surface area contributed by atoms with Gasteiger partial charge >= 0.3 is 6.18 Å². The van der Waals surface area contributed by atoms with E-state index in [4.69, 9.17) is 16.0 Å². The van der Waals surface area contributed by atoms with E-state index in [1.807, 2.05) is 6.92 Å². The molecule has 1 N–H and O–H groups in total. The number of anilines is 1. The van der Waals surface area contributed by atoms with Crippen molar-refractivity contribution in [3.8, 4) is 0 Å². The van der Waals surface area contributed by atoms with E-state index in [0.717, 1.165) is 17.7 Å². The highest BCUT2D eigenvalue weighted by atomic mass is 35.5. The number of halogens is 4. The highest BCUT2D eigenvalue weighted by molar-refractivity contribution is 6.31. The van der Waals surface area contributed by atoms with Crippen molar-refractivity contribution < 1.29 is 27.2 Å². The lowest BCUT2D eigenvalue weighted by Gasteiger charge is -2.21. The van der Waals surface area contributed by atoms with Gasteiger partial charge in [-0.2, -0.15) is 18.3 Å². The summed E-state index contributed by atoms with van der Waals surface area (Å²) >= 11 is 5.60. The van der Waals surface area contributed by atoms with E-state index in [0.29, 0.717) is 5.76 Å². The number of hydrogen-bond acceptors (Lipinski definition) is 4. The molecule has 0 aliphatic heterocycles. The van der Waals surface area contributed by atoms with Crippen LogP contribution in [0.25, 0.3) is 0 Å². The van der Waals surface area contributed by atoms with Crippen molar-refractivity contribution in [2.75, 3.05) is 11.9 Å². The summed E-state index contributed by atoms with van der Waals surface area (Å²) in [5.74, 6) is -0.641. The third-order valence-electron chi connectivity index (χ3n) is 4.23. The quantitative estimate of drug-likeness (QED) is 0.582. The van der Waals surface area contributed by atoms with Crippen LogP contribution in [0.15, 0.2) is 53.4 Å². The highest BCUT2D eigenvalue weighted by Gasteiger charge is 2.33. The molecule has 0 unspecified atom stereocenters. The van der Waals surface area contributed by atoms with Crippen LogP contribution in [0.1, 0.15) is 16.9 Å². The van der Waals surface area contributed by atoms with Crippen LogP contribution in [-0.4, -0.2) is 33.0 Å². The van der Waals surface area contributed by atoms with Gasteiger partial charge in [-0.05, 0) is 42.8 Å². The van der Waals surface area contributed by atoms with E-state index >= 15 is 0 Å². The van der Waals surface area contributed by atoms with Crippen LogP contribution >= 0.6 is 11.6 Å². The van der Waals surface area contributed by atoms with Crippen LogP contribution < -0.4 is 5.32 Å². The molecule has 2 amide bonds. The Morgan fingerprint density at radius 2 is 2.06 bits per heavy atom. The Labute approximate surface area is 180 Å². The smallest absolute Gasteiger partial charge is 0.417 e. The molecule has 3 rings (SSSR count). The average Bonchev–Trinajstić information content (AvgIpc) is 3.33. The molecule has 0 aliphatic carbocycles. The molecule has 0 fully saturated rings. The molecular weight excluding hydrogens is 437 g/mol. The van der Waals surface area contributed by atoms with Gasteiger partial charge in [-0.15, -0.1) is 0 Å². The first-order valence-corrected chi connectivity index (χ1v) is 9.45. The fraction of sp³-hybridized carbons (Fsp3) is 0.250. The Balaban J connectivity index is 1.72. The van der Waals surface area contributed by atoms with Crippen molar-refractivity contribution in [2.45, 2.75) is 26.2 Å². The predicted octanol–water partition coefficient (Wildman–Crippen LogP) is 4.12. The molecule has 0 aliphatic rings. The highest BCUT2D eigenvalue weighted by Crippen LogP contribution is 2.36. The van der Waals surface area contributed by atoms with Crippen LogP contribution in [0.3, 0.4) is 0 Å². The van der Waals surface area contributed by atoms with Crippen LogP contribution in [0, 0.1) is 6.92 Å². The van der Waals surface area contributed by atoms with E-state index in [-0.39, 0.29) is 18.8 Å². The topological polar surface area (TPSA) is 80.4 Å². The van der Waals surface area contributed by atoms with Gasteiger partial charge in [0.1, 0.15) is 18.8 Å². The second-order valence-electron chi connectivity index (χ2n) is 6.78. The number of amides is 2. The fourth-order valence-corrected chi connectivity index (χ4v) is 3.03. The molecule has 1 aromatic carbocycles. The van der Waals surface area contributed by atoms with Gasteiger partial charge in [0.05, 0.1) is 29.6 Å². The van der Waals surface area contributed by atoms with Gasteiger partial charge in [0.25, 0.3) is 0 Å². The third kappa shape index (κ3) is 6.11. The molecule has 0 spiro atoms. The standard InChI is InChI=1S/C20H18ClF3N4O3/c1-13-8-25-28(9-13)12-19(30)27(10-15-3-2-6-31-15)11-18(29)26-14-4-5-17(21)16(7-14)20(22,23)24/h2-9H,10-12H2,1H3,(H,26,29). The number of nitrogens with zero attached hydrogens (tertiary/aromatic N) is 3. The van der Waals surface area contributed by atoms with Crippen molar-refractivity contribution in [3.05, 3.63) is 70.9 Å². The molecule has 2 heterocycles. The van der Waals surface area contributed by atoms with Gasteiger partial charge in [-0.1, -0.05) is 11.6 Å². The number of furan rings is 1. The first-order chi connectivity index (χ1) is 14.6. The fourth-order valence-electron chi connectivity index (χ4n) is 2.81. The molecule has 31 heavy (non-hydrogen) atoms. The number of nitrogens with one attached hydrogen (secondary N) is 1. The Bertz CT molecular complexity index is 1060. The second kappa shape index (κ2) is 9.25. The van der Waals surface area contributed by atoms with Crippen molar-refractivity contribution in [2.24, 2.45) is 0 Å². The van der Waals surface area contributed by atoms with E-state index in [9.17, 15) is 22.8 Å². The first kappa shape index (κ1) is 22.4. The summed E-state index contributed by atoms with van der Waals surface area (Å²) in [4.78, 5) is 26.5. The maximum atomic E-state index is 13.0. The molecular formula is C20H18ClF3N4O3. The predicted molar refractivity (Wildman–Crippen MR) is 106 cm³/mol. The van der Waals surface area contributed by atoms with Crippen molar-refractivity contribution in [1.82, 2.24) is 14.7 Å². The largest absolute Gasteiger partial charge is 0.467 e. The van der Waals surface area contributed by atoms with Crippen molar-refractivity contribution >= 4 is 29.1 Å². The molecule has 11 heteroatoms. The van der Waals surface area contributed by atoms with Crippen LogP contribution in [0.5, 0.6) is 0 Å². The molecule has 3 aromatic rings. The number of alkyl halides is 3. The number of aryl methyl sites for hydroxylation is 1. The van der Waals surface area contributed by atoms with Crippen molar-refractivity contribution in [3.63, 3.8) is 0 Å². The van der Waals surface area contributed by atoms with Gasteiger partial charge in [0.2, 0.25) is 11.8 Å². The summed E-state index contributed by atoms with van der Waals surface area (Å²) < 4.78 is 45.8. The second-order valence-corrected chi connectivity index (χ2v) is 7.19. The van der Waals surface area contributed by atoms with Crippen LogP contribution in [0.4, 0.5) is 18.9 Å². The summed E-state index contributed by atoms with van der Waals surface area (Å²) in [5.41, 5.74) is -0.286. The maximum Gasteiger partial charge on any atom is 0.417 e. The number of hydrogen-bond donors (Lipinski definition) is 1. The van der Waals surface area contributed by atoms with Gasteiger partial charge in [0, 0.05) is 11.9 Å². The van der Waals surface area contributed by atoms with Crippen LogP contribution in [0.2, 0.25) is 5.02 Å². The molecule has 164 valence electrons.